The molecule has 2 aromatic rings. The Morgan fingerprint density at radius 2 is 1.96 bits per heavy atom. The number of terminal acetylenes is 1. The molecule has 0 aliphatic heterocycles. The van der Waals surface area contributed by atoms with Gasteiger partial charge in [0.05, 0.1) is 17.7 Å². The van der Waals surface area contributed by atoms with Crippen LogP contribution >= 0.6 is 11.6 Å². The number of methoxy groups -OCH3 is 1. The zero-order valence-electron chi connectivity index (χ0n) is 12.4. The Hall–Kier alpha value is -2.65. The van der Waals surface area contributed by atoms with Crippen LogP contribution in [-0.4, -0.2) is 13.0 Å². The molecule has 1 amide bonds. The first-order valence-corrected chi connectivity index (χ1v) is 6.96. The van der Waals surface area contributed by atoms with Crippen LogP contribution in [0, 0.1) is 12.3 Å². The van der Waals surface area contributed by atoms with Crippen LogP contribution in [0.1, 0.15) is 21.5 Å². The summed E-state index contributed by atoms with van der Waals surface area (Å²) in [7, 11) is 1.41. The highest BCUT2D eigenvalue weighted by Gasteiger charge is 2.33. The average Bonchev–Trinajstić information content (AvgIpc) is 2.54. The highest BCUT2D eigenvalue weighted by Crippen LogP contribution is 2.36. The summed E-state index contributed by atoms with van der Waals surface area (Å²) in [4.78, 5) is 12.2. The zero-order chi connectivity index (χ0) is 17.9. The van der Waals surface area contributed by atoms with Gasteiger partial charge in [0.2, 0.25) is 0 Å². The normalized spacial score (nSPS) is 10.8. The van der Waals surface area contributed by atoms with Gasteiger partial charge >= 0.3 is 6.18 Å². The van der Waals surface area contributed by atoms with Gasteiger partial charge < -0.3 is 10.1 Å². The molecule has 0 spiro atoms. The predicted octanol–water partition coefficient (Wildman–Crippen LogP) is 4.60. The summed E-state index contributed by atoms with van der Waals surface area (Å²) in [6, 6.07) is 7.52. The number of amides is 1. The van der Waals surface area contributed by atoms with Gasteiger partial charge in [-0.25, -0.2) is 0 Å². The zero-order valence-corrected chi connectivity index (χ0v) is 13.1. The van der Waals surface area contributed by atoms with Crippen molar-refractivity contribution in [3.63, 3.8) is 0 Å². The SMILES string of the molecule is C#Cc1cc(OC)cc(C(=O)Nc2ccc(Cl)c(C(F)(F)F)c2)c1. The first kappa shape index (κ1) is 17.7. The minimum atomic E-state index is -4.62. The third kappa shape index (κ3) is 4.00. The molecule has 2 aromatic carbocycles. The van der Waals surface area contributed by atoms with Crippen molar-refractivity contribution in [3.8, 4) is 18.1 Å². The van der Waals surface area contributed by atoms with E-state index in [1.54, 1.807) is 6.07 Å². The highest BCUT2D eigenvalue weighted by atomic mass is 35.5. The summed E-state index contributed by atoms with van der Waals surface area (Å²) >= 11 is 5.54. The molecule has 0 saturated carbocycles. The lowest BCUT2D eigenvalue weighted by molar-refractivity contribution is -0.137. The number of alkyl halides is 3. The van der Waals surface area contributed by atoms with Crippen LogP contribution < -0.4 is 10.1 Å². The van der Waals surface area contributed by atoms with E-state index in [1.165, 1.54) is 25.3 Å². The van der Waals surface area contributed by atoms with Crippen molar-refractivity contribution in [2.24, 2.45) is 0 Å². The van der Waals surface area contributed by atoms with Crippen LogP contribution in [0.3, 0.4) is 0 Å². The highest BCUT2D eigenvalue weighted by molar-refractivity contribution is 6.31. The topological polar surface area (TPSA) is 38.3 Å². The quantitative estimate of drug-likeness (QED) is 0.819. The summed E-state index contributed by atoms with van der Waals surface area (Å²) in [5.74, 6) is 2.11. The molecule has 0 aromatic heterocycles. The van der Waals surface area contributed by atoms with Gasteiger partial charge in [0.1, 0.15) is 5.75 Å². The summed E-state index contributed by atoms with van der Waals surface area (Å²) in [6.07, 6.45) is 0.682. The van der Waals surface area contributed by atoms with E-state index in [4.69, 9.17) is 22.8 Å². The molecule has 1 N–H and O–H groups in total. The van der Waals surface area contributed by atoms with Crippen molar-refractivity contribution < 1.29 is 22.7 Å². The van der Waals surface area contributed by atoms with Crippen molar-refractivity contribution in [2.75, 3.05) is 12.4 Å². The summed E-state index contributed by atoms with van der Waals surface area (Å²) in [5, 5.41) is 1.93. The van der Waals surface area contributed by atoms with Crippen LogP contribution in [0.25, 0.3) is 0 Å². The third-order valence-corrected chi connectivity index (χ3v) is 3.43. The Labute approximate surface area is 141 Å². The first-order valence-electron chi connectivity index (χ1n) is 6.58. The Balaban J connectivity index is 2.32. The Kier molecular flexibility index (Phi) is 5.05. The van der Waals surface area contributed by atoms with Gasteiger partial charge in [0.25, 0.3) is 5.91 Å². The van der Waals surface area contributed by atoms with Gasteiger partial charge in [-0.05, 0) is 36.4 Å². The van der Waals surface area contributed by atoms with Crippen LogP contribution in [0.2, 0.25) is 5.02 Å². The second-order valence-corrected chi connectivity index (χ2v) is 5.15. The van der Waals surface area contributed by atoms with E-state index < -0.39 is 22.7 Å². The van der Waals surface area contributed by atoms with Crippen LogP contribution in [0.5, 0.6) is 5.75 Å². The third-order valence-electron chi connectivity index (χ3n) is 3.10. The number of nitrogens with one attached hydrogen (secondary N) is 1. The number of ether oxygens (including phenoxy) is 1. The number of hydrogen-bond donors (Lipinski definition) is 1. The molecule has 0 unspecified atom stereocenters. The van der Waals surface area contributed by atoms with E-state index in [9.17, 15) is 18.0 Å². The van der Waals surface area contributed by atoms with Crippen LogP contribution in [-0.2, 0) is 6.18 Å². The molecule has 0 fully saturated rings. The Morgan fingerprint density at radius 1 is 1.25 bits per heavy atom. The Bertz CT molecular complexity index is 826. The fraction of sp³-hybridized carbons (Fsp3) is 0.118. The van der Waals surface area contributed by atoms with Crippen molar-refractivity contribution in [2.45, 2.75) is 6.18 Å². The van der Waals surface area contributed by atoms with E-state index in [2.05, 4.69) is 11.2 Å². The van der Waals surface area contributed by atoms with Crippen molar-refractivity contribution >= 4 is 23.2 Å². The maximum Gasteiger partial charge on any atom is 0.417 e. The fourth-order valence-corrected chi connectivity index (χ4v) is 2.18. The minimum Gasteiger partial charge on any atom is -0.497 e. The van der Waals surface area contributed by atoms with Crippen molar-refractivity contribution in [1.82, 2.24) is 0 Å². The van der Waals surface area contributed by atoms with Gasteiger partial charge in [0.15, 0.2) is 0 Å². The standard InChI is InChI=1S/C17H11ClF3NO2/c1-3-10-6-11(8-13(7-10)24-2)16(23)22-12-4-5-15(18)14(9-12)17(19,20)21/h1,4-9H,2H3,(H,22,23). The lowest BCUT2D eigenvalue weighted by atomic mass is 10.1. The Morgan fingerprint density at radius 3 is 2.54 bits per heavy atom. The largest absolute Gasteiger partial charge is 0.497 e. The maximum atomic E-state index is 12.9. The molecule has 124 valence electrons. The van der Waals surface area contributed by atoms with E-state index in [0.717, 1.165) is 12.1 Å². The molecule has 0 aliphatic rings. The molecule has 24 heavy (non-hydrogen) atoms. The molecule has 0 radical (unpaired) electrons. The van der Waals surface area contributed by atoms with Crippen molar-refractivity contribution in [1.29, 1.82) is 0 Å². The number of halogens is 4. The van der Waals surface area contributed by atoms with Gasteiger partial charge in [-0.2, -0.15) is 13.2 Å². The van der Waals surface area contributed by atoms with E-state index in [0.29, 0.717) is 11.3 Å². The predicted molar refractivity (Wildman–Crippen MR) is 85.3 cm³/mol. The number of carbonyl (C=O) groups is 1. The fourth-order valence-electron chi connectivity index (χ4n) is 1.95. The summed E-state index contributed by atoms with van der Waals surface area (Å²) < 4.78 is 43.6. The van der Waals surface area contributed by atoms with Gasteiger partial charge in [0, 0.05) is 16.8 Å². The number of rotatable bonds is 3. The molecule has 3 nitrogen and oxygen atoms in total. The lowest BCUT2D eigenvalue weighted by Crippen LogP contribution is -2.14. The number of hydrogen-bond acceptors (Lipinski definition) is 2. The van der Waals surface area contributed by atoms with Gasteiger partial charge in [-0.15, -0.1) is 6.42 Å². The summed E-state index contributed by atoms with van der Waals surface area (Å²) in [6.45, 7) is 0. The molecule has 7 heteroatoms. The number of carbonyl (C=O) groups excluding carboxylic acids is 1. The van der Waals surface area contributed by atoms with Gasteiger partial charge in [-0.3, -0.25) is 4.79 Å². The van der Waals surface area contributed by atoms with E-state index in [-0.39, 0.29) is 11.3 Å². The molecule has 0 aliphatic carbocycles. The molecule has 0 saturated heterocycles. The van der Waals surface area contributed by atoms with Gasteiger partial charge in [-0.1, -0.05) is 17.5 Å². The molecular weight excluding hydrogens is 343 g/mol. The minimum absolute atomic E-state index is 0.0400. The second kappa shape index (κ2) is 6.85. The molecule has 2 rings (SSSR count). The molecule has 0 bridgehead atoms. The average molecular weight is 354 g/mol. The van der Waals surface area contributed by atoms with Crippen molar-refractivity contribution in [3.05, 3.63) is 58.1 Å². The first-order chi connectivity index (χ1) is 11.2. The molecule has 0 heterocycles. The molecule has 0 atom stereocenters. The van der Waals surface area contributed by atoms with Crippen LogP contribution in [0.15, 0.2) is 36.4 Å². The number of anilines is 1. The summed E-state index contributed by atoms with van der Waals surface area (Å²) in [5.41, 5.74) is -0.504. The maximum absolute atomic E-state index is 12.9. The number of benzene rings is 2. The van der Waals surface area contributed by atoms with Crippen LogP contribution in [0.4, 0.5) is 18.9 Å². The molecular formula is C17H11ClF3NO2. The monoisotopic (exact) mass is 353 g/mol. The van der Waals surface area contributed by atoms with E-state index >= 15 is 0 Å². The smallest absolute Gasteiger partial charge is 0.417 e. The second-order valence-electron chi connectivity index (χ2n) is 4.74. The lowest BCUT2D eigenvalue weighted by Gasteiger charge is -2.12. The van der Waals surface area contributed by atoms with E-state index in [1.807, 2.05) is 0 Å².